The Hall–Kier alpha value is -3.06. The third-order valence-electron chi connectivity index (χ3n) is 4.96. The highest BCUT2D eigenvalue weighted by Crippen LogP contribution is 2.26. The topological polar surface area (TPSA) is 81.4 Å². The highest BCUT2D eigenvalue weighted by Gasteiger charge is 2.30. The molecular weight excluding hydrogens is 400 g/mol. The van der Waals surface area contributed by atoms with Gasteiger partial charge in [0.25, 0.3) is 5.24 Å². The van der Waals surface area contributed by atoms with Gasteiger partial charge < -0.3 is 14.5 Å². The number of ether oxygens (including phenoxy) is 1. The van der Waals surface area contributed by atoms with Crippen molar-refractivity contribution in [2.75, 3.05) is 0 Å². The van der Waals surface area contributed by atoms with Gasteiger partial charge in [-0.15, -0.1) is 0 Å². The SMILES string of the molecule is Cc1oc(-c2ccccc2)nc1COc1ccccc1CCCC1NC(=O)SC1=O. The lowest BCUT2D eigenvalue weighted by molar-refractivity contribution is -0.112. The van der Waals surface area contributed by atoms with Gasteiger partial charge in [-0.25, -0.2) is 4.98 Å². The minimum atomic E-state index is -0.384. The summed E-state index contributed by atoms with van der Waals surface area (Å²) < 4.78 is 11.9. The molecule has 7 heteroatoms. The van der Waals surface area contributed by atoms with Crippen LogP contribution < -0.4 is 10.1 Å². The number of nitrogens with one attached hydrogen (secondary N) is 1. The van der Waals surface area contributed by atoms with E-state index in [0.29, 0.717) is 18.9 Å². The summed E-state index contributed by atoms with van der Waals surface area (Å²) in [6.45, 7) is 2.20. The highest BCUT2D eigenvalue weighted by molar-refractivity contribution is 8.26. The molecule has 1 aliphatic heterocycles. The Morgan fingerprint density at radius 1 is 1.10 bits per heavy atom. The number of aromatic nitrogens is 1. The maximum Gasteiger partial charge on any atom is 0.287 e. The number of benzene rings is 2. The van der Waals surface area contributed by atoms with Crippen molar-refractivity contribution in [2.24, 2.45) is 0 Å². The third kappa shape index (κ3) is 4.74. The molecule has 0 aliphatic carbocycles. The van der Waals surface area contributed by atoms with Crippen LogP contribution in [0.25, 0.3) is 11.5 Å². The molecule has 1 aromatic heterocycles. The van der Waals surface area contributed by atoms with Crippen LogP contribution in [0.3, 0.4) is 0 Å². The van der Waals surface area contributed by atoms with Crippen molar-refractivity contribution in [3.63, 3.8) is 0 Å². The quantitative estimate of drug-likeness (QED) is 0.556. The van der Waals surface area contributed by atoms with Crippen LogP contribution in [0.5, 0.6) is 5.75 Å². The molecule has 1 amide bonds. The second kappa shape index (κ2) is 9.17. The maximum atomic E-state index is 11.7. The summed E-state index contributed by atoms with van der Waals surface area (Å²) in [6.07, 6.45) is 2.15. The number of hydrogen-bond acceptors (Lipinski definition) is 6. The first-order chi connectivity index (χ1) is 14.6. The number of thioether (sulfide) groups is 1. The zero-order chi connectivity index (χ0) is 20.9. The standard InChI is InChI=1S/C23H22N2O4S/c1-15-19(24-21(29-15)17-9-3-2-4-10-17)14-28-20-13-6-5-8-16(20)11-7-12-18-22(26)30-23(27)25-18/h2-6,8-10,13,18H,7,11-12,14H2,1H3,(H,25,27). The van der Waals surface area contributed by atoms with Crippen LogP contribution >= 0.6 is 11.8 Å². The molecule has 1 N–H and O–H groups in total. The number of aryl methyl sites for hydroxylation is 2. The maximum absolute atomic E-state index is 11.7. The molecular formula is C23H22N2O4S. The Bertz CT molecular complexity index is 1050. The molecule has 3 aromatic rings. The van der Waals surface area contributed by atoms with E-state index in [1.165, 1.54) is 0 Å². The van der Waals surface area contributed by atoms with Crippen LogP contribution in [0.2, 0.25) is 0 Å². The Morgan fingerprint density at radius 2 is 1.87 bits per heavy atom. The lowest BCUT2D eigenvalue weighted by Crippen LogP contribution is -2.28. The fourth-order valence-electron chi connectivity index (χ4n) is 3.34. The molecule has 30 heavy (non-hydrogen) atoms. The minimum absolute atomic E-state index is 0.0970. The van der Waals surface area contributed by atoms with Crippen molar-refractivity contribution in [2.45, 2.75) is 38.8 Å². The molecule has 2 aromatic carbocycles. The summed E-state index contributed by atoms with van der Waals surface area (Å²) in [5.41, 5.74) is 2.75. The fraction of sp³-hybridized carbons (Fsp3) is 0.261. The van der Waals surface area contributed by atoms with E-state index in [2.05, 4.69) is 10.3 Å². The van der Waals surface area contributed by atoms with E-state index in [4.69, 9.17) is 9.15 Å². The first-order valence-corrected chi connectivity index (χ1v) is 10.7. The molecule has 0 bridgehead atoms. The number of rotatable bonds is 8. The van der Waals surface area contributed by atoms with E-state index in [0.717, 1.165) is 52.9 Å². The number of oxazole rings is 1. The molecule has 2 heterocycles. The van der Waals surface area contributed by atoms with Crippen LogP contribution in [-0.2, 0) is 17.8 Å². The van der Waals surface area contributed by atoms with Crippen molar-refractivity contribution < 1.29 is 18.7 Å². The number of amides is 1. The van der Waals surface area contributed by atoms with Crippen molar-refractivity contribution in [3.8, 4) is 17.2 Å². The molecule has 0 spiro atoms. The van der Waals surface area contributed by atoms with E-state index in [1.54, 1.807) is 0 Å². The zero-order valence-electron chi connectivity index (χ0n) is 16.6. The van der Waals surface area contributed by atoms with Gasteiger partial charge in [-0.05, 0) is 49.9 Å². The summed E-state index contributed by atoms with van der Waals surface area (Å²) in [6, 6.07) is 17.2. The van der Waals surface area contributed by atoms with E-state index >= 15 is 0 Å². The second-order valence-corrected chi connectivity index (χ2v) is 8.06. The van der Waals surface area contributed by atoms with Crippen molar-refractivity contribution >= 4 is 22.1 Å². The number of hydrogen-bond donors (Lipinski definition) is 1. The monoisotopic (exact) mass is 422 g/mol. The van der Waals surface area contributed by atoms with Gasteiger partial charge in [-0.3, -0.25) is 9.59 Å². The average Bonchev–Trinajstić information content (AvgIpc) is 3.29. The highest BCUT2D eigenvalue weighted by atomic mass is 32.2. The smallest absolute Gasteiger partial charge is 0.287 e. The summed E-state index contributed by atoms with van der Waals surface area (Å²) in [5.74, 6) is 2.11. The van der Waals surface area contributed by atoms with Gasteiger partial charge >= 0.3 is 0 Å². The van der Waals surface area contributed by atoms with Gasteiger partial charge in [0.15, 0.2) is 0 Å². The van der Waals surface area contributed by atoms with Crippen LogP contribution in [0.4, 0.5) is 4.79 Å². The summed E-state index contributed by atoms with van der Waals surface area (Å²) >= 11 is 0.756. The van der Waals surface area contributed by atoms with Gasteiger partial charge in [-0.1, -0.05) is 36.4 Å². The van der Waals surface area contributed by atoms with Gasteiger partial charge in [-0.2, -0.15) is 0 Å². The van der Waals surface area contributed by atoms with Crippen LogP contribution in [-0.4, -0.2) is 21.4 Å². The number of nitrogens with zero attached hydrogens (tertiary/aromatic N) is 1. The van der Waals surface area contributed by atoms with Crippen molar-refractivity contribution in [3.05, 3.63) is 71.6 Å². The van der Waals surface area contributed by atoms with Gasteiger partial charge in [0.2, 0.25) is 11.0 Å². The summed E-state index contributed by atoms with van der Waals surface area (Å²) in [4.78, 5) is 27.6. The molecule has 4 rings (SSSR count). The average molecular weight is 423 g/mol. The first-order valence-electron chi connectivity index (χ1n) is 9.85. The summed E-state index contributed by atoms with van der Waals surface area (Å²) in [5, 5.41) is 2.34. The molecule has 154 valence electrons. The van der Waals surface area contributed by atoms with Crippen LogP contribution in [0.15, 0.2) is 59.0 Å². The summed E-state index contributed by atoms with van der Waals surface area (Å²) in [7, 11) is 0. The first kappa shape index (κ1) is 20.2. The molecule has 0 saturated carbocycles. The van der Waals surface area contributed by atoms with E-state index < -0.39 is 0 Å². The van der Waals surface area contributed by atoms with Gasteiger partial charge in [0, 0.05) is 17.3 Å². The third-order valence-corrected chi connectivity index (χ3v) is 5.75. The van der Waals surface area contributed by atoms with Gasteiger partial charge in [0.1, 0.15) is 23.8 Å². The number of para-hydroxylation sites is 1. The molecule has 1 fully saturated rings. The van der Waals surface area contributed by atoms with Gasteiger partial charge in [0.05, 0.1) is 6.04 Å². The Labute approximate surface area is 179 Å². The Balaban J connectivity index is 1.37. The second-order valence-electron chi connectivity index (χ2n) is 7.08. The lowest BCUT2D eigenvalue weighted by atomic mass is 10.0. The number of carbonyl (C=O) groups excluding carboxylic acids is 2. The zero-order valence-corrected chi connectivity index (χ0v) is 17.4. The van der Waals surface area contributed by atoms with E-state index in [1.807, 2.05) is 61.5 Å². The molecule has 0 radical (unpaired) electrons. The minimum Gasteiger partial charge on any atom is -0.487 e. The van der Waals surface area contributed by atoms with Crippen LogP contribution in [0.1, 0.15) is 29.9 Å². The molecule has 1 unspecified atom stereocenters. The largest absolute Gasteiger partial charge is 0.487 e. The normalized spacial score (nSPS) is 16.0. The predicted molar refractivity (Wildman–Crippen MR) is 115 cm³/mol. The van der Waals surface area contributed by atoms with E-state index in [-0.39, 0.29) is 16.4 Å². The Kier molecular flexibility index (Phi) is 6.18. The molecule has 1 atom stereocenters. The van der Waals surface area contributed by atoms with Crippen molar-refractivity contribution in [1.82, 2.24) is 10.3 Å². The number of carbonyl (C=O) groups is 2. The van der Waals surface area contributed by atoms with E-state index in [9.17, 15) is 9.59 Å². The predicted octanol–water partition coefficient (Wildman–Crippen LogP) is 4.90. The lowest BCUT2D eigenvalue weighted by Gasteiger charge is -2.12. The molecule has 1 saturated heterocycles. The van der Waals surface area contributed by atoms with Crippen molar-refractivity contribution in [1.29, 1.82) is 0 Å². The fourth-order valence-corrected chi connectivity index (χ4v) is 4.05. The molecule has 1 aliphatic rings. The molecule has 6 nitrogen and oxygen atoms in total. The van der Waals surface area contributed by atoms with Crippen LogP contribution in [0, 0.1) is 6.92 Å². The Morgan fingerprint density at radius 3 is 2.63 bits per heavy atom.